The van der Waals surface area contributed by atoms with Gasteiger partial charge in [0.05, 0.1) is 0 Å². The maximum Gasteiger partial charge on any atom is 0.0346 e. The van der Waals surface area contributed by atoms with Crippen molar-refractivity contribution in [1.29, 1.82) is 0 Å². The normalized spacial score (nSPS) is 10.5. The summed E-state index contributed by atoms with van der Waals surface area (Å²) in [6.07, 6.45) is 3.85. The fourth-order valence-electron chi connectivity index (χ4n) is 2.40. The highest BCUT2D eigenvalue weighted by atomic mass is 14.6. The summed E-state index contributed by atoms with van der Waals surface area (Å²) in [6.45, 7) is 4.22. The summed E-state index contributed by atoms with van der Waals surface area (Å²) in [6, 6.07) is 19.2. The second-order valence-corrected chi connectivity index (χ2v) is 5.20. The molecule has 0 atom stereocenters. The molecular formula is C19H17N. The molecule has 0 unspecified atom stereocenters. The van der Waals surface area contributed by atoms with Gasteiger partial charge in [-0.15, -0.1) is 0 Å². The van der Waals surface area contributed by atoms with Crippen LogP contribution in [0.2, 0.25) is 0 Å². The smallest absolute Gasteiger partial charge is 0.0346 e. The first-order valence-corrected chi connectivity index (χ1v) is 6.81. The van der Waals surface area contributed by atoms with Crippen LogP contribution in [0.15, 0.2) is 67.0 Å². The average molecular weight is 259 g/mol. The highest BCUT2D eigenvalue weighted by Crippen LogP contribution is 2.26. The van der Waals surface area contributed by atoms with Gasteiger partial charge in [-0.2, -0.15) is 0 Å². The van der Waals surface area contributed by atoms with Gasteiger partial charge >= 0.3 is 0 Å². The van der Waals surface area contributed by atoms with Crippen LogP contribution >= 0.6 is 0 Å². The zero-order valence-corrected chi connectivity index (χ0v) is 11.8. The molecule has 0 aliphatic rings. The van der Waals surface area contributed by atoms with Gasteiger partial charge in [-0.3, -0.25) is 4.98 Å². The zero-order valence-electron chi connectivity index (χ0n) is 11.8. The second kappa shape index (κ2) is 5.30. The van der Waals surface area contributed by atoms with Crippen molar-refractivity contribution < 1.29 is 0 Å². The third-order valence-corrected chi connectivity index (χ3v) is 3.44. The summed E-state index contributed by atoms with van der Waals surface area (Å²) < 4.78 is 0. The van der Waals surface area contributed by atoms with Crippen molar-refractivity contribution in [2.24, 2.45) is 0 Å². The van der Waals surface area contributed by atoms with Crippen molar-refractivity contribution in [3.05, 3.63) is 78.1 Å². The number of pyridine rings is 1. The Hall–Kier alpha value is -2.41. The van der Waals surface area contributed by atoms with Gasteiger partial charge in [0.15, 0.2) is 0 Å². The molecule has 1 heterocycles. The van der Waals surface area contributed by atoms with Gasteiger partial charge in [0.25, 0.3) is 0 Å². The van der Waals surface area contributed by atoms with Crippen molar-refractivity contribution in [1.82, 2.24) is 4.98 Å². The molecule has 0 saturated heterocycles. The van der Waals surface area contributed by atoms with Crippen molar-refractivity contribution in [3.8, 4) is 22.3 Å². The van der Waals surface area contributed by atoms with E-state index in [4.69, 9.17) is 0 Å². The van der Waals surface area contributed by atoms with Gasteiger partial charge in [0.1, 0.15) is 0 Å². The molecule has 0 bridgehead atoms. The minimum Gasteiger partial charge on any atom is -0.263 e. The van der Waals surface area contributed by atoms with Crippen molar-refractivity contribution >= 4 is 0 Å². The standard InChI is InChI=1S/C19H17N/c1-14-5-3-7-16(9-14)18-11-19(13-20-12-18)17-8-4-6-15(2)10-17/h3-13H,1-2H3. The van der Waals surface area contributed by atoms with Gasteiger partial charge in [-0.1, -0.05) is 59.7 Å². The van der Waals surface area contributed by atoms with Crippen LogP contribution in [0.4, 0.5) is 0 Å². The second-order valence-electron chi connectivity index (χ2n) is 5.20. The first-order chi connectivity index (χ1) is 9.72. The SMILES string of the molecule is Cc1cccc(-c2cncc(-c3cccc(C)c3)c2)c1. The Labute approximate surface area is 119 Å². The lowest BCUT2D eigenvalue weighted by atomic mass is 10.00. The third kappa shape index (κ3) is 2.62. The van der Waals surface area contributed by atoms with Crippen molar-refractivity contribution in [2.45, 2.75) is 13.8 Å². The summed E-state index contributed by atoms with van der Waals surface area (Å²) in [4.78, 5) is 4.40. The molecule has 1 aromatic heterocycles. The third-order valence-electron chi connectivity index (χ3n) is 3.44. The Bertz CT molecular complexity index is 683. The number of hydrogen-bond acceptors (Lipinski definition) is 1. The van der Waals surface area contributed by atoms with E-state index in [1.165, 1.54) is 22.3 Å². The van der Waals surface area contributed by atoms with Crippen molar-refractivity contribution in [3.63, 3.8) is 0 Å². The molecule has 0 amide bonds. The maximum atomic E-state index is 4.40. The van der Waals surface area contributed by atoms with E-state index >= 15 is 0 Å². The highest BCUT2D eigenvalue weighted by molar-refractivity contribution is 5.72. The molecule has 20 heavy (non-hydrogen) atoms. The van der Waals surface area contributed by atoms with E-state index in [2.05, 4.69) is 73.4 Å². The quantitative estimate of drug-likeness (QED) is 0.628. The average Bonchev–Trinajstić information content (AvgIpc) is 2.47. The van der Waals surface area contributed by atoms with E-state index < -0.39 is 0 Å². The van der Waals surface area contributed by atoms with Gasteiger partial charge in [0, 0.05) is 23.5 Å². The Morgan fingerprint density at radius 3 is 1.55 bits per heavy atom. The molecular weight excluding hydrogens is 242 g/mol. The molecule has 1 heteroatoms. The number of hydrogen-bond donors (Lipinski definition) is 0. The zero-order chi connectivity index (χ0) is 13.9. The van der Waals surface area contributed by atoms with Gasteiger partial charge in [0.2, 0.25) is 0 Å². The maximum absolute atomic E-state index is 4.40. The van der Waals surface area contributed by atoms with Crippen LogP contribution in [0.25, 0.3) is 22.3 Å². The Balaban J connectivity index is 2.06. The molecule has 0 aliphatic carbocycles. The molecule has 0 N–H and O–H groups in total. The van der Waals surface area contributed by atoms with E-state index in [0.717, 1.165) is 11.1 Å². The summed E-state index contributed by atoms with van der Waals surface area (Å²) in [7, 11) is 0. The molecule has 0 saturated carbocycles. The predicted molar refractivity (Wildman–Crippen MR) is 84.6 cm³/mol. The summed E-state index contributed by atoms with van der Waals surface area (Å²) in [5.41, 5.74) is 7.28. The summed E-state index contributed by atoms with van der Waals surface area (Å²) in [5.74, 6) is 0. The monoisotopic (exact) mass is 259 g/mol. The van der Waals surface area contributed by atoms with E-state index in [0.29, 0.717) is 0 Å². The molecule has 0 radical (unpaired) electrons. The minimum absolute atomic E-state index is 1.16. The van der Waals surface area contributed by atoms with E-state index in [1.54, 1.807) is 0 Å². The van der Waals surface area contributed by atoms with Crippen LogP contribution in [-0.2, 0) is 0 Å². The van der Waals surface area contributed by atoms with Gasteiger partial charge in [-0.25, -0.2) is 0 Å². The van der Waals surface area contributed by atoms with Gasteiger partial charge < -0.3 is 0 Å². The molecule has 3 rings (SSSR count). The number of nitrogens with zero attached hydrogens (tertiary/aromatic N) is 1. The first-order valence-electron chi connectivity index (χ1n) is 6.81. The lowest BCUT2D eigenvalue weighted by Crippen LogP contribution is -1.85. The Kier molecular flexibility index (Phi) is 3.34. The minimum atomic E-state index is 1.16. The van der Waals surface area contributed by atoms with E-state index in [1.807, 2.05) is 12.4 Å². The summed E-state index contributed by atoms with van der Waals surface area (Å²) in [5, 5.41) is 0. The summed E-state index contributed by atoms with van der Waals surface area (Å²) >= 11 is 0. The van der Waals surface area contributed by atoms with Crippen LogP contribution < -0.4 is 0 Å². The molecule has 98 valence electrons. The Morgan fingerprint density at radius 1 is 0.600 bits per heavy atom. The van der Waals surface area contributed by atoms with Crippen LogP contribution in [0.3, 0.4) is 0 Å². The molecule has 0 fully saturated rings. The molecule has 3 aromatic rings. The topological polar surface area (TPSA) is 12.9 Å². The van der Waals surface area contributed by atoms with Crippen LogP contribution in [0, 0.1) is 13.8 Å². The predicted octanol–water partition coefficient (Wildman–Crippen LogP) is 5.03. The molecule has 1 nitrogen and oxygen atoms in total. The van der Waals surface area contributed by atoms with E-state index in [-0.39, 0.29) is 0 Å². The largest absolute Gasteiger partial charge is 0.263 e. The number of benzene rings is 2. The fourth-order valence-corrected chi connectivity index (χ4v) is 2.40. The molecule has 0 spiro atoms. The van der Waals surface area contributed by atoms with Gasteiger partial charge in [-0.05, 0) is 31.0 Å². The Morgan fingerprint density at radius 2 is 1.10 bits per heavy atom. The van der Waals surface area contributed by atoms with Crippen molar-refractivity contribution in [2.75, 3.05) is 0 Å². The lowest BCUT2D eigenvalue weighted by Gasteiger charge is -2.07. The molecule has 0 aliphatic heterocycles. The first kappa shape index (κ1) is 12.6. The number of aryl methyl sites for hydroxylation is 2. The van der Waals surface area contributed by atoms with Crippen LogP contribution in [-0.4, -0.2) is 4.98 Å². The van der Waals surface area contributed by atoms with E-state index in [9.17, 15) is 0 Å². The lowest BCUT2D eigenvalue weighted by molar-refractivity contribution is 1.32. The van der Waals surface area contributed by atoms with Crippen LogP contribution in [0.5, 0.6) is 0 Å². The van der Waals surface area contributed by atoms with Crippen LogP contribution in [0.1, 0.15) is 11.1 Å². The number of aromatic nitrogens is 1. The highest BCUT2D eigenvalue weighted by Gasteiger charge is 2.03. The number of rotatable bonds is 2. The molecule has 2 aromatic carbocycles. The fraction of sp³-hybridized carbons (Fsp3) is 0.105.